The van der Waals surface area contributed by atoms with Gasteiger partial charge in [-0.15, -0.1) is 11.3 Å². The summed E-state index contributed by atoms with van der Waals surface area (Å²) in [4.78, 5) is 20.9. The normalized spacial score (nSPS) is 10.8. The average molecular weight is 268 g/mol. The molecule has 1 aromatic carbocycles. The van der Waals surface area contributed by atoms with Crippen molar-refractivity contribution in [3.63, 3.8) is 0 Å². The van der Waals surface area contributed by atoms with E-state index in [1.807, 2.05) is 38.1 Å². The number of carbonyl (C=O) groups is 1. The number of hydrogen-bond acceptors (Lipinski definition) is 4. The van der Waals surface area contributed by atoms with E-state index in [4.69, 9.17) is 0 Å². The summed E-state index contributed by atoms with van der Waals surface area (Å²) in [7, 11) is 0. The molecule has 0 spiro atoms. The highest BCUT2D eigenvalue weighted by Crippen LogP contribution is 2.29. The first kappa shape index (κ1) is 12.0. The quantitative estimate of drug-likeness (QED) is 0.664. The van der Waals surface area contributed by atoms with Gasteiger partial charge in [0.15, 0.2) is 0 Å². The molecule has 3 aromatic rings. The fourth-order valence-electron chi connectivity index (χ4n) is 2.11. The number of aldehydes is 1. The second-order valence-electron chi connectivity index (χ2n) is 4.41. The number of rotatable bonds is 2. The van der Waals surface area contributed by atoms with E-state index >= 15 is 0 Å². The highest BCUT2D eigenvalue weighted by molar-refractivity contribution is 7.15. The van der Waals surface area contributed by atoms with Crippen LogP contribution in [0.15, 0.2) is 30.3 Å². The highest BCUT2D eigenvalue weighted by atomic mass is 32.1. The molecule has 94 valence electrons. The van der Waals surface area contributed by atoms with Gasteiger partial charge in [-0.25, -0.2) is 9.97 Å². The minimum atomic E-state index is 0.673. The Labute approximate surface area is 115 Å². The van der Waals surface area contributed by atoms with Gasteiger partial charge in [-0.05, 0) is 38.1 Å². The van der Waals surface area contributed by atoms with Crippen molar-refractivity contribution in [3.05, 3.63) is 46.6 Å². The maximum atomic E-state index is 10.8. The first-order chi connectivity index (χ1) is 9.17. The molecule has 0 aliphatic carbocycles. The van der Waals surface area contributed by atoms with Gasteiger partial charge in [0.25, 0.3) is 0 Å². The molecule has 0 fully saturated rings. The zero-order valence-corrected chi connectivity index (χ0v) is 11.5. The van der Waals surface area contributed by atoms with Crippen LogP contribution in [-0.4, -0.2) is 16.3 Å². The lowest BCUT2D eigenvalue weighted by atomic mass is 10.1. The molecule has 3 nitrogen and oxygen atoms in total. The average Bonchev–Trinajstić information content (AvgIpc) is 2.76. The molecule has 0 N–H and O–H groups in total. The molecule has 3 rings (SSSR count). The van der Waals surface area contributed by atoms with Gasteiger partial charge in [-0.3, -0.25) is 4.79 Å². The van der Waals surface area contributed by atoms with Crippen LogP contribution in [-0.2, 0) is 0 Å². The van der Waals surface area contributed by atoms with Crippen LogP contribution in [0.3, 0.4) is 0 Å². The number of thiazole rings is 1. The molecule has 0 aliphatic heterocycles. The Bertz CT molecular complexity index is 777. The molecular weight excluding hydrogens is 256 g/mol. The van der Waals surface area contributed by atoms with Crippen LogP contribution in [0.4, 0.5) is 0 Å². The number of aryl methyl sites for hydroxylation is 2. The highest BCUT2D eigenvalue weighted by Gasteiger charge is 2.09. The van der Waals surface area contributed by atoms with Crippen molar-refractivity contribution in [1.82, 2.24) is 9.97 Å². The molecule has 0 radical (unpaired) electrons. The van der Waals surface area contributed by atoms with E-state index in [1.165, 1.54) is 0 Å². The Balaban J connectivity index is 2.16. The van der Waals surface area contributed by atoms with E-state index in [0.29, 0.717) is 5.56 Å². The number of aromatic nitrogens is 2. The van der Waals surface area contributed by atoms with Gasteiger partial charge >= 0.3 is 0 Å². The number of benzene rings is 1. The molecule has 0 aliphatic rings. The number of pyridine rings is 1. The third-order valence-electron chi connectivity index (χ3n) is 2.99. The maximum absolute atomic E-state index is 10.8. The van der Waals surface area contributed by atoms with Gasteiger partial charge in [0.2, 0.25) is 0 Å². The largest absolute Gasteiger partial charge is 0.298 e. The van der Waals surface area contributed by atoms with Crippen molar-refractivity contribution in [2.75, 3.05) is 0 Å². The van der Waals surface area contributed by atoms with Crippen LogP contribution in [0.25, 0.3) is 21.5 Å². The van der Waals surface area contributed by atoms with E-state index in [2.05, 4.69) is 9.97 Å². The van der Waals surface area contributed by atoms with Crippen LogP contribution < -0.4 is 0 Å². The molecule has 0 saturated heterocycles. The van der Waals surface area contributed by atoms with Crippen molar-refractivity contribution in [1.29, 1.82) is 0 Å². The van der Waals surface area contributed by atoms with Crippen molar-refractivity contribution in [3.8, 4) is 10.6 Å². The molecule has 0 unspecified atom stereocenters. The molecule has 0 atom stereocenters. The third-order valence-corrected chi connectivity index (χ3v) is 4.08. The zero-order valence-electron chi connectivity index (χ0n) is 10.7. The summed E-state index contributed by atoms with van der Waals surface area (Å²) in [6, 6.07) is 9.50. The van der Waals surface area contributed by atoms with Crippen LogP contribution in [0, 0.1) is 13.8 Å². The number of nitrogens with zero attached hydrogens (tertiary/aromatic N) is 2. The van der Waals surface area contributed by atoms with Gasteiger partial charge in [0, 0.05) is 10.9 Å². The smallest absolute Gasteiger partial charge is 0.150 e. The molecule has 2 aromatic heterocycles. The van der Waals surface area contributed by atoms with Crippen LogP contribution in [0.5, 0.6) is 0 Å². The van der Waals surface area contributed by atoms with Crippen molar-refractivity contribution < 1.29 is 4.79 Å². The Morgan fingerprint density at radius 1 is 1.11 bits per heavy atom. The summed E-state index contributed by atoms with van der Waals surface area (Å²) < 4.78 is 0. The first-order valence-electron chi connectivity index (χ1n) is 5.98. The Morgan fingerprint density at radius 3 is 2.63 bits per heavy atom. The van der Waals surface area contributed by atoms with E-state index in [-0.39, 0.29) is 0 Å². The zero-order chi connectivity index (χ0) is 13.4. The Kier molecular flexibility index (Phi) is 2.87. The second kappa shape index (κ2) is 4.55. The van der Waals surface area contributed by atoms with Crippen molar-refractivity contribution >= 4 is 28.5 Å². The minimum absolute atomic E-state index is 0.673. The second-order valence-corrected chi connectivity index (χ2v) is 5.62. The summed E-state index contributed by atoms with van der Waals surface area (Å²) in [5, 5.41) is 2.03. The predicted octanol–water partition coefficient (Wildman–Crippen LogP) is 3.79. The molecule has 2 heterocycles. The van der Waals surface area contributed by atoms with E-state index in [9.17, 15) is 4.79 Å². The monoisotopic (exact) mass is 268 g/mol. The van der Waals surface area contributed by atoms with Crippen molar-refractivity contribution in [2.24, 2.45) is 0 Å². The van der Waals surface area contributed by atoms with Crippen LogP contribution in [0.2, 0.25) is 0 Å². The van der Waals surface area contributed by atoms with Crippen LogP contribution in [0.1, 0.15) is 21.1 Å². The topological polar surface area (TPSA) is 42.9 Å². The fraction of sp³-hybridized carbons (Fsp3) is 0.133. The molecule has 4 heteroatoms. The number of fused-ring (bicyclic) bond motifs is 1. The van der Waals surface area contributed by atoms with Gasteiger partial charge in [-0.1, -0.05) is 6.07 Å². The standard InChI is InChI=1S/C15H12N2OS/c1-9-15(19-10(2)16-9)14-6-4-12-7-11(8-18)3-5-13(12)17-14/h3-8H,1-2H3. The van der Waals surface area contributed by atoms with E-state index < -0.39 is 0 Å². The summed E-state index contributed by atoms with van der Waals surface area (Å²) in [6.07, 6.45) is 0.851. The van der Waals surface area contributed by atoms with Gasteiger partial charge in [0.05, 0.1) is 26.8 Å². The lowest BCUT2D eigenvalue weighted by molar-refractivity contribution is 0.112. The SMILES string of the molecule is Cc1nc(C)c(-c2ccc3cc(C=O)ccc3n2)s1. The van der Waals surface area contributed by atoms with Gasteiger partial charge in [0.1, 0.15) is 6.29 Å². The summed E-state index contributed by atoms with van der Waals surface area (Å²) in [6.45, 7) is 4.00. The number of carbonyl (C=O) groups excluding carboxylic acids is 1. The Morgan fingerprint density at radius 2 is 1.95 bits per heavy atom. The first-order valence-corrected chi connectivity index (χ1v) is 6.79. The summed E-state index contributed by atoms with van der Waals surface area (Å²) in [5.41, 5.74) is 3.52. The summed E-state index contributed by atoms with van der Waals surface area (Å²) in [5.74, 6) is 0. The lowest BCUT2D eigenvalue weighted by Gasteiger charge is -2.02. The van der Waals surface area contributed by atoms with E-state index in [1.54, 1.807) is 17.4 Å². The minimum Gasteiger partial charge on any atom is -0.298 e. The maximum Gasteiger partial charge on any atom is 0.150 e. The third kappa shape index (κ3) is 2.15. The van der Waals surface area contributed by atoms with E-state index in [0.717, 1.165) is 38.5 Å². The molecule has 19 heavy (non-hydrogen) atoms. The molecule has 0 saturated carbocycles. The van der Waals surface area contributed by atoms with Gasteiger partial charge < -0.3 is 0 Å². The molecular formula is C15H12N2OS. The molecule has 0 bridgehead atoms. The van der Waals surface area contributed by atoms with Gasteiger partial charge in [-0.2, -0.15) is 0 Å². The Hall–Kier alpha value is -2.07. The lowest BCUT2D eigenvalue weighted by Crippen LogP contribution is -1.87. The van der Waals surface area contributed by atoms with Crippen molar-refractivity contribution in [2.45, 2.75) is 13.8 Å². The fourth-order valence-corrected chi connectivity index (χ4v) is 3.00. The van der Waals surface area contributed by atoms with Crippen LogP contribution >= 0.6 is 11.3 Å². The predicted molar refractivity (Wildman–Crippen MR) is 77.7 cm³/mol. The number of hydrogen-bond donors (Lipinski definition) is 0. The molecule has 0 amide bonds. The summed E-state index contributed by atoms with van der Waals surface area (Å²) >= 11 is 1.65.